The van der Waals surface area contributed by atoms with Crippen LogP contribution in [0.25, 0.3) is 11.1 Å². The number of hydrogen-bond acceptors (Lipinski definition) is 7. The van der Waals surface area contributed by atoms with E-state index >= 15 is 0 Å². The normalized spacial score (nSPS) is 9.88. The van der Waals surface area contributed by atoms with Gasteiger partial charge in [0.05, 0.1) is 19.2 Å². The van der Waals surface area contributed by atoms with Crippen molar-refractivity contribution in [1.29, 1.82) is 0 Å². The van der Waals surface area contributed by atoms with Crippen LogP contribution in [0.15, 0.2) is 52.7 Å². The van der Waals surface area contributed by atoms with Crippen LogP contribution in [-0.4, -0.2) is 28.0 Å². The summed E-state index contributed by atoms with van der Waals surface area (Å²) in [5.41, 5.74) is 1.18. The SMILES string of the molecule is C=C.COC(=O)Cc1cc(=O)[nH]c(Nc2nc3ccccc3o2)n1. The van der Waals surface area contributed by atoms with Crippen molar-refractivity contribution in [3.63, 3.8) is 0 Å². The van der Waals surface area contributed by atoms with Crippen molar-refractivity contribution in [2.24, 2.45) is 0 Å². The molecule has 0 atom stereocenters. The van der Waals surface area contributed by atoms with Crippen LogP contribution in [0.2, 0.25) is 0 Å². The van der Waals surface area contributed by atoms with Gasteiger partial charge in [-0.3, -0.25) is 19.9 Å². The maximum Gasteiger partial charge on any atom is 0.311 e. The fourth-order valence-electron chi connectivity index (χ4n) is 1.90. The molecule has 0 fully saturated rings. The number of nitrogens with zero attached hydrogens (tertiary/aromatic N) is 2. The molecule has 2 aromatic heterocycles. The van der Waals surface area contributed by atoms with Gasteiger partial charge in [-0.2, -0.15) is 4.98 Å². The fraction of sp³-hybridized carbons (Fsp3) is 0.125. The number of methoxy groups -OCH3 is 1. The third kappa shape index (κ3) is 4.07. The molecular formula is C16H16N4O4. The zero-order valence-electron chi connectivity index (χ0n) is 13.0. The van der Waals surface area contributed by atoms with Crippen molar-refractivity contribution in [1.82, 2.24) is 15.0 Å². The van der Waals surface area contributed by atoms with Gasteiger partial charge in [-0.25, -0.2) is 4.98 Å². The number of benzene rings is 1. The number of nitrogens with one attached hydrogen (secondary N) is 2. The topological polar surface area (TPSA) is 110 Å². The number of ether oxygens (including phenoxy) is 1. The van der Waals surface area contributed by atoms with E-state index in [0.717, 1.165) is 0 Å². The Bertz CT molecular complexity index is 867. The van der Waals surface area contributed by atoms with Gasteiger partial charge in [0.15, 0.2) is 5.58 Å². The highest BCUT2D eigenvalue weighted by atomic mass is 16.5. The van der Waals surface area contributed by atoms with Crippen molar-refractivity contribution in [3.05, 3.63) is 59.5 Å². The van der Waals surface area contributed by atoms with Crippen LogP contribution < -0.4 is 10.9 Å². The number of para-hydroxylation sites is 2. The standard InChI is InChI=1S/C14H12N4O4.C2H4/c1-21-12(20)7-8-6-11(19)17-13(15-8)18-14-16-9-4-2-3-5-10(9)22-14;1-2/h2-6H,7H2,1H3,(H2,15,16,17,18,19);1-2H2. The second-order valence-electron chi connectivity index (χ2n) is 4.45. The van der Waals surface area contributed by atoms with Gasteiger partial charge in [0.25, 0.3) is 5.56 Å². The molecule has 0 unspecified atom stereocenters. The summed E-state index contributed by atoms with van der Waals surface area (Å²) in [5.74, 6) is -0.344. The fourth-order valence-corrected chi connectivity index (χ4v) is 1.90. The summed E-state index contributed by atoms with van der Waals surface area (Å²) in [4.78, 5) is 33.7. The summed E-state index contributed by atoms with van der Waals surface area (Å²) in [5, 5.41) is 2.77. The molecule has 0 aliphatic rings. The highest BCUT2D eigenvalue weighted by Gasteiger charge is 2.10. The minimum atomic E-state index is -0.481. The number of carbonyl (C=O) groups excluding carboxylic acids is 1. The molecule has 1 aromatic carbocycles. The van der Waals surface area contributed by atoms with Gasteiger partial charge in [-0.05, 0) is 12.1 Å². The minimum Gasteiger partial charge on any atom is -0.469 e. The van der Waals surface area contributed by atoms with Gasteiger partial charge < -0.3 is 9.15 Å². The summed E-state index contributed by atoms with van der Waals surface area (Å²) < 4.78 is 10.0. The highest BCUT2D eigenvalue weighted by Crippen LogP contribution is 2.19. The number of H-pyrrole nitrogens is 1. The molecule has 0 amide bonds. The van der Waals surface area contributed by atoms with Gasteiger partial charge in [0.1, 0.15) is 5.52 Å². The van der Waals surface area contributed by atoms with E-state index in [0.29, 0.717) is 11.1 Å². The molecule has 3 rings (SSSR count). The van der Waals surface area contributed by atoms with Crippen molar-refractivity contribution >= 4 is 29.0 Å². The lowest BCUT2D eigenvalue weighted by molar-refractivity contribution is -0.139. The van der Waals surface area contributed by atoms with E-state index in [9.17, 15) is 9.59 Å². The molecule has 0 saturated heterocycles. The predicted molar refractivity (Wildman–Crippen MR) is 89.1 cm³/mol. The molecule has 24 heavy (non-hydrogen) atoms. The summed E-state index contributed by atoms with van der Waals surface area (Å²) in [6, 6.07) is 8.67. The van der Waals surface area contributed by atoms with Crippen LogP contribution in [0.4, 0.5) is 12.0 Å². The van der Waals surface area contributed by atoms with Gasteiger partial charge in [-0.15, -0.1) is 13.2 Å². The Morgan fingerprint density at radius 1 is 1.33 bits per heavy atom. The molecule has 0 saturated carbocycles. The number of aromatic nitrogens is 3. The number of carbonyl (C=O) groups is 1. The van der Waals surface area contributed by atoms with Crippen LogP contribution in [0.5, 0.6) is 0 Å². The lowest BCUT2D eigenvalue weighted by Crippen LogP contribution is -2.15. The van der Waals surface area contributed by atoms with E-state index in [-0.39, 0.29) is 24.1 Å². The Labute approximate surface area is 137 Å². The molecule has 124 valence electrons. The number of anilines is 2. The van der Waals surface area contributed by atoms with Crippen molar-refractivity contribution in [3.8, 4) is 0 Å². The van der Waals surface area contributed by atoms with E-state index in [1.165, 1.54) is 13.2 Å². The second-order valence-corrected chi connectivity index (χ2v) is 4.45. The van der Waals surface area contributed by atoms with Gasteiger partial charge >= 0.3 is 12.0 Å². The molecule has 0 radical (unpaired) electrons. The Morgan fingerprint density at radius 2 is 2.08 bits per heavy atom. The molecule has 0 aliphatic carbocycles. The van der Waals surface area contributed by atoms with Crippen LogP contribution in [0.3, 0.4) is 0 Å². The Kier molecular flexibility index (Phi) is 5.45. The second kappa shape index (κ2) is 7.73. The average Bonchev–Trinajstić information content (AvgIpc) is 2.98. The van der Waals surface area contributed by atoms with Crippen molar-refractivity contribution in [2.75, 3.05) is 12.4 Å². The molecule has 2 N–H and O–H groups in total. The number of aromatic amines is 1. The molecule has 3 aromatic rings. The number of rotatable bonds is 4. The Hall–Kier alpha value is -3.42. The molecular weight excluding hydrogens is 312 g/mol. The number of fused-ring (bicyclic) bond motifs is 1. The largest absolute Gasteiger partial charge is 0.469 e. The van der Waals surface area contributed by atoms with E-state index in [1.54, 1.807) is 12.1 Å². The first-order chi connectivity index (χ1) is 11.6. The average molecular weight is 328 g/mol. The zero-order valence-corrected chi connectivity index (χ0v) is 13.0. The first-order valence-corrected chi connectivity index (χ1v) is 6.94. The lowest BCUT2D eigenvalue weighted by Gasteiger charge is -2.03. The maximum atomic E-state index is 11.6. The van der Waals surface area contributed by atoms with Crippen LogP contribution >= 0.6 is 0 Å². The first kappa shape index (κ1) is 16.9. The quantitative estimate of drug-likeness (QED) is 0.558. The molecule has 0 spiro atoms. The third-order valence-corrected chi connectivity index (χ3v) is 2.87. The molecule has 0 aliphatic heterocycles. The number of oxazole rings is 1. The summed E-state index contributed by atoms with van der Waals surface area (Å²) in [7, 11) is 1.27. The summed E-state index contributed by atoms with van der Waals surface area (Å²) >= 11 is 0. The third-order valence-electron chi connectivity index (χ3n) is 2.87. The number of esters is 1. The van der Waals surface area contributed by atoms with E-state index in [2.05, 4.69) is 38.2 Å². The van der Waals surface area contributed by atoms with E-state index in [1.807, 2.05) is 12.1 Å². The van der Waals surface area contributed by atoms with Crippen molar-refractivity contribution < 1.29 is 13.9 Å². The van der Waals surface area contributed by atoms with Crippen LogP contribution in [0.1, 0.15) is 5.69 Å². The maximum absolute atomic E-state index is 11.6. The van der Waals surface area contributed by atoms with Gasteiger partial charge in [0, 0.05) is 6.07 Å². The zero-order chi connectivity index (χ0) is 17.5. The predicted octanol–water partition coefficient (Wildman–Crippen LogP) is 2.17. The lowest BCUT2D eigenvalue weighted by atomic mass is 10.3. The Balaban J connectivity index is 0.00000100. The van der Waals surface area contributed by atoms with Crippen LogP contribution in [0, 0.1) is 0 Å². The molecule has 8 nitrogen and oxygen atoms in total. The monoisotopic (exact) mass is 328 g/mol. The van der Waals surface area contributed by atoms with Crippen molar-refractivity contribution in [2.45, 2.75) is 6.42 Å². The Morgan fingerprint density at radius 3 is 2.79 bits per heavy atom. The first-order valence-electron chi connectivity index (χ1n) is 6.94. The molecule has 2 heterocycles. The minimum absolute atomic E-state index is 0.0946. The smallest absolute Gasteiger partial charge is 0.311 e. The molecule has 0 bridgehead atoms. The summed E-state index contributed by atoms with van der Waals surface area (Å²) in [6.07, 6.45) is -0.0946. The van der Waals surface area contributed by atoms with E-state index < -0.39 is 11.5 Å². The van der Waals surface area contributed by atoms with E-state index in [4.69, 9.17) is 4.42 Å². The molecule has 8 heteroatoms. The highest BCUT2D eigenvalue weighted by molar-refractivity contribution is 5.74. The van der Waals surface area contributed by atoms with Gasteiger partial charge in [-0.1, -0.05) is 12.1 Å². The van der Waals surface area contributed by atoms with Gasteiger partial charge in [0.2, 0.25) is 5.95 Å². The summed E-state index contributed by atoms with van der Waals surface area (Å²) in [6.45, 7) is 6.00. The number of hydrogen-bond donors (Lipinski definition) is 2. The van der Waals surface area contributed by atoms with Crippen LogP contribution in [-0.2, 0) is 16.0 Å².